The molecule has 21 heavy (non-hydrogen) atoms. The van der Waals surface area contributed by atoms with Crippen LogP contribution in [0.15, 0.2) is 54.6 Å². The molecular formula is C18H21NO2. The van der Waals surface area contributed by atoms with Crippen LogP contribution in [0.2, 0.25) is 0 Å². The van der Waals surface area contributed by atoms with Gasteiger partial charge in [-0.1, -0.05) is 37.6 Å². The summed E-state index contributed by atoms with van der Waals surface area (Å²) >= 11 is 0. The van der Waals surface area contributed by atoms with Crippen LogP contribution < -0.4 is 9.64 Å². The molecule has 0 fully saturated rings. The van der Waals surface area contributed by atoms with Crippen molar-refractivity contribution in [2.75, 3.05) is 18.6 Å². The topological polar surface area (TPSA) is 29.5 Å². The van der Waals surface area contributed by atoms with Gasteiger partial charge in [0, 0.05) is 17.8 Å². The number of para-hydroxylation sites is 1. The van der Waals surface area contributed by atoms with Gasteiger partial charge < -0.3 is 9.64 Å². The molecule has 2 aromatic rings. The van der Waals surface area contributed by atoms with E-state index >= 15 is 0 Å². The van der Waals surface area contributed by atoms with Crippen LogP contribution in [-0.2, 0) is 0 Å². The Balaban J connectivity index is 2.29. The number of unbranched alkanes of at least 4 members (excludes halogenated alkanes) is 1. The van der Waals surface area contributed by atoms with Crippen LogP contribution >= 0.6 is 0 Å². The summed E-state index contributed by atoms with van der Waals surface area (Å²) in [5, 5.41) is 0. The number of carbonyl (C=O) groups is 1. The zero-order chi connectivity index (χ0) is 15.1. The summed E-state index contributed by atoms with van der Waals surface area (Å²) in [5.74, 6) is 0.706. The molecule has 2 rings (SSSR count). The van der Waals surface area contributed by atoms with Crippen LogP contribution in [0, 0.1) is 0 Å². The molecule has 110 valence electrons. The monoisotopic (exact) mass is 283 g/mol. The molecule has 0 bridgehead atoms. The molecule has 2 aromatic carbocycles. The van der Waals surface area contributed by atoms with E-state index in [4.69, 9.17) is 4.74 Å². The Bertz CT molecular complexity index is 581. The number of methoxy groups -OCH3 is 1. The van der Waals surface area contributed by atoms with Gasteiger partial charge in [0.2, 0.25) is 0 Å². The van der Waals surface area contributed by atoms with Crippen molar-refractivity contribution in [3.8, 4) is 5.75 Å². The molecular weight excluding hydrogens is 262 g/mol. The fourth-order valence-electron chi connectivity index (χ4n) is 2.18. The van der Waals surface area contributed by atoms with E-state index in [0.717, 1.165) is 25.1 Å². The number of hydrogen-bond acceptors (Lipinski definition) is 2. The maximum atomic E-state index is 12.8. The third kappa shape index (κ3) is 3.85. The zero-order valence-corrected chi connectivity index (χ0v) is 12.6. The quantitative estimate of drug-likeness (QED) is 0.797. The Morgan fingerprint density at radius 1 is 1.10 bits per heavy atom. The summed E-state index contributed by atoms with van der Waals surface area (Å²) in [6.45, 7) is 2.84. The van der Waals surface area contributed by atoms with Gasteiger partial charge in [0.25, 0.3) is 5.91 Å². The summed E-state index contributed by atoms with van der Waals surface area (Å²) in [6.07, 6.45) is 2.03. The van der Waals surface area contributed by atoms with Crippen molar-refractivity contribution in [1.29, 1.82) is 0 Å². The van der Waals surface area contributed by atoms with Gasteiger partial charge in [0.05, 0.1) is 7.11 Å². The molecule has 0 aromatic heterocycles. The lowest BCUT2D eigenvalue weighted by Gasteiger charge is -2.23. The highest BCUT2D eigenvalue weighted by Gasteiger charge is 2.17. The highest BCUT2D eigenvalue weighted by atomic mass is 16.5. The number of amides is 1. The smallest absolute Gasteiger partial charge is 0.258 e. The summed E-state index contributed by atoms with van der Waals surface area (Å²) in [7, 11) is 1.61. The molecule has 0 spiro atoms. The lowest BCUT2D eigenvalue weighted by molar-refractivity contribution is 0.0986. The second-order valence-electron chi connectivity index (χ2n) is 4.88. The molecule has 0 radical (unpaired) electrons. The standard InChI is InChI=1S/C18H21NO2/c1-3-4-13-19(16-10-6-5-7-11-16)18(20)15-9-8-12-17(14-15)21-2/h5-12,14H,3-4,13H2,1-2H3. The minimum atomic E-state index is 0.00792. The Hall–Kier alpha value is -2.29. The molecule has 1 amide bonds. The van der Waals surface area contributed by atoms with Crippen LogP contribution in [0.1, 0.15) is 30.1 Å². The molecule has 3 nitrogen and oxygen atoms in total. The lowest BCUT2D eigenvalue weighted by Crippen LogP contribution is -2.31. The molecule has 0 aliphatic carbocycles. The third-order valence-corrected chi connectivity index (χ3v) is 3.36. The maximum Gasteiger partial charge on any atom is 0.258 e. The number of nitrogens with zero attached hydrogens (tertiary/aromatic N) is 1. The number of anilines is 1. The third-order valence-electron chi connectivity index (χ3n) is 3.36. The number of benzene rings is 2. The van der Waals surface area contributed by atoms with Crippen LogP contribution in [0.3, 0.4) is 0 Å². The highest BCUT2D eigenvalue weighted by molar-refractivity contribution is 6.06. The Labute approximate surface area is 126 Å². The molecule has 0 N–H and O–H groups in total. The predicted octanol–water partition coefficient (Wildman–Crippen LogP) is 4.14. The second-order valence-corrected chi connectivity index (χ2v) is 4.88. The van der Waals surface area contributed by atoms with Crippen molar-refractivity contribution in [3.63, 3.8) is 0 Å². The first-order valence-electron chi connectivity index (χ1n) is 7.27. The molecule has 0 atom stereocenters. The van der Waals surface area contributed by atoms with Crippen LogP contribution in [-0.4, -0.2) is 19.6 Å². The van der Waals surface area contributed by atoms with Gasteiger partial charge in [-0.05, 0) is 36.8 Å². The number of hydrogen-bond donors (Lipinski definition) is 0. The molecule has 0 saturated carbocycles. The van der Waals surface area contributed by atoms with Gasteiger partial charge in [-0.15, -0.1) is 0 Å². The van der Waals surface area contributed by atoms with E-state index < -0.39 is 0 Å². The van der Waals surface area contributed by atoms with Crippen molar-refractivity contribution in [2.24, 2.45) is 0 Å². The lowest BCUT2D eigenvalue weighted by atomic mass is 10.1. The van der Waals surface area contributed by atoms with Gasteiger partial charge in [0.1, 0.15) is 5.75 Å². The number of ether oxygens (including phenoxy) is 1. The average Bonchev–Trinajstić information content (AvgIpc) is 2.56. The van der Waals surface area contributed by atoms with Crippen LogP contribution in [0.4, 0.5) is 5.69 Å². The molecule has 0 heterocycles. The van der Waals surface area contributed by atoms with E-state index in [1.54, 1.807) is 13.2 Å². The molecule has 0 aliphatic rings. The van der Waals surface area contributed by atoms with Gasteiger partial charge in [0.15, 0.2) is 0 Å². The minimum absolute atomic E-state index is 0.00792. The summed E-state index contributed by atoms with van der Waals surface area (Å²) < 4.78 is 5.20. The highest BCUT2D eigenvalue weighted by Crippen LogP contribution is 2.20. The van der Waals surface area contributed by atoms with Crippen molar-refractivity contribution in [2.45, 2.75) is 19.8 Å². The van der Waals surface area contributed by atoms with Crippen molar-refractivity contribution < 1.29 is 9.53 Å². The first-order valence-corrected chi connectivity index (χ1v) is 7.27. The predicted molar refractivity (Wildman–Crippen MR) is 86.0 cm³/mol. The maximum absolute atomic E-state index is 12.8. The fourth-order valence-corrected chi connectivity index (χ4v) is 2.18. The van der Waals surface area contributed by atoms with E-state index in [9.17, 15) is 4.79 Å². The SMILES string of the molecule is CCCCN(C(=O)c1cccc(OC)c1)c1ccccc1. The first kappa shape index (κ1) is 15.1. The van der Waals surface area contributed by atoms with Gasteiger partial charge in [-0.2, -0.15) is 0 Å². The Morgan fingerprint density at radius 3 is 2.52 bits per heavy atom. The molecule has 0 aliphatic heterocycles. The number of carbonyl (C=O) groups excluding carboxylic acids is 1. The Kier molecular flexibility index (Phi) is 5.38. The van der Waals surface area contributed by atoms with Gasteiger partial charge in [-0.3, -0.25) is 4.79 Å². The van der Waals surface area contributed by atoms with E-state index in [1.807, 2.05) is 53.4 Å². The van der Waals surface area contributed by atoms with Crippen LogP contribution in [0.5, 0.6) is 5.75 Å². The first-order chi connectivity index (χ1) is 10.3. The van der Waals surface area contributed by atoms with Crippen molar-refractivity contribution in [1.82, 2.24) is 0 Å². The summed E-state index contributed by atoms with van der Waals surface area (Å²) in [4.78, 5) is 14.6. The second kappa shape index (κ2) is 7.48. The van der Waals surface area contributed by atoms with Crippen molar-refractivity contribution in [3.05, 3.63) is 60.2 Å². The Morgan fingerprint density at radius 2 is 1.86 bits per heavy atom. The largest absolute Gasteiger partial charge is 0.497 e. The minimum Gasteiger partial charge on any atom is -0.497 e. The fraction of sp³-hybridized carbons (Fsp3) is 0.278. The zero-order valence-electron chi connectivity index (χ0n) is 12.6. The van der Waals surface area contributed by atoms with E-state index in [-0.39, 0.29) is 5.91 Å². The van der Waals surface area contributed by atoms with Gasteiger partial charge >= 0.3 is 0 Å². The van der Waals surface area contributed by atoms with E-state index in [2.05, 4.69) is 6.92 Å². The molecule has 0 unspecified atom stereocenters. The molecule has 0 saturated heterocycles. The summed E-state index contributed by atoms with van der Waals surface area (Å²) in [6, 6.07) is 17.1. The number of rotatable bonds is 6. The molecule has 3 heteroatoms. The van der Waals surface area contributed by atoms with Crippen molar-refractivity contribution >= 4 is 11.6 Å². The normalized spacial score (nSPS) is 10.2. The average molecular weight is 283 g/mol. The van der Waals surface area contributed by atoms with E-state index in [1.165, 1.54) is 0 Å². The van der Waals surface area contributed by atoms with E-state index in [0.29, 0.717) is 11.3 Å². The van der Waals surface area contributed by atoms with Crippen LogP contribution in [0.25, 0.3) is 0 Å². The van der Waals surface area contributed by atoms with Gasteiger partial charge in [-0.25, -0.2) is 0 Å². The summed E-state index contributed by atoms with van der Waals surface area (Å²) in [5.41, 5.74) is 1.58.